The van der Waals surface area contributed by atoms with E-state index in [4.69, 9.17) is 14.2 Å². The van der Waals surface area contributed by atoms with Gasteiger partial charge in [0.2, 0.25) is 5.95 Å². The van der Waals surface area contributed by atoms with Crippen LogP contribution in [-0.2, 0) is 11.4 Å². The van der Waals surface area contributed by atoms with Gasteiger partial charge in [0.05, 0.1) is 25.0 Å². The van der Waals surface area contributed by atoms with Gasteiger partial charge in [-0.3, -0.25) is 4.79 Å². The highest BCUT2D eigenvalue weighted by Gasteiger charge is 2.34. The first-order valence-corrected chi connectivity index (χ1v) is 12.7. The van der Waals surface area contributed by atoms with E-state index in [0.29, 0.717) is 53.4 Å². The molecular weight excluding hydrogens is 494 g/mol. The zero-order valence-electron chi connectivity index (χ0n) is 22.4. The summed E-state index contributed by atoms with van der Waals surface area (Å²) in [4.78, 5) is 18.1. The second-order valence-electron chi connectivity index (χ2n) is 9.17. The number of hydrogen-bond donors (Lipinski definition) is 2. The lowest BCUT2D eigenvalue weighted by Gasteiger charge is -2.29. The van der Waals surface area contributed by atoms with E-state index in [1.54, 1.807) is 11.8 Å². The molecule has 1 aliphatic heterocycles. The van der Waals surface area contributed by atoms with Crippen LogP contribution >= 0.6 is 0 Å². The number of nitrogens with zero attached hydrogens (tertiary/aromatic N) is 3. The highest BCUT2D eigenvalue weighted by molar-refractivity contribution is 6.06. The Labute approximate surface area is 227 Å². The summed E-state index contributed by atoms with van der Waals surface area (Å²) in [6, 6.07) is 20.6. The first-order chi connectivity index (χ1) is 19.0. The number of allylic oxidation sites excluding steroid dienone is 1. The lowest BCUT2D eigenvalue weighted by molar-refractivity contribution is -0.113. The lowest BCUT2D eigenvalue weighted by atomic mass is 9.94. The van der Waals surface area contributed by atoms with Crippen LogP contribution < -0.4 is 24.8 Å². The summed E-state index contributed by atoms with van der Waals surface area (Å²) in [6.45, 7) is 6.70. The fourth-order valence-corrected chi connectivity index (χ4v) is 4.67. The van der Waals surface area contributed by atoms with Crippen molar-refractivity contribution in [2.75, 3.05) is 24.4 Å². The third-order valence-corrected chi connectivity index (χ3v) is 6.45. The van der Waals surface area contributed by atoms with E-state index in [2.05, 4.69) is 39.8 Å². The molecule has 0 saturated heterocycles. The molecule has 1 atom stereocenters. The van der Waals surface area contributed by atoms with E-state index in [-0.39, 0.29) is 5.91 Å². The van der Waals surface area contributed by atoms with Crippen LogP contribution in [-0.4, -0.2) is 34.4 Å². The topological polar surface area (TPSA) is 99.5 Å². The van der Waals surface area contributed by atoms with Gasteiger partial charge in [-0.1, -0.05) is 48.0 Å². The van der Waals surface area contributed by atoms with E-state index in [9.17, 15) is 4.79 Å². The van der Waals surface area contributed by atoms with Gasteiger partial charge in [0, 0.05) is 5.70 Å². The molecule has 1 aromatic heterocycles. The minimum Gasteiger partial charge on any atom is -0.493 e. The summed E-state index contributed by atoms with van der Waals surface area (Å²) >= 11 is 0. The molecule has 1 amide bonds. The van der Waals surface area contributed by atoms with Crippen molar-refractivity contribution >= 4 is 17.5 Å². The van der Waals surface area contributed by atoms with Gasteiger partial charge in [0.15, 0.2) is 11.5 Å². The molecule has 4 aromatic rings. The van der Waals surface area contributed by atoms with Crippen LogP contribution in [0.1, 0.15) is 36.6 Å². The fourth-order valence-electron chi connectivity index (χ4n) is 4.67. The maximum atomic E-state index is 13.8. The number of carbonyl (C=O) groups is 1. The average Bonchev–Trinajstić information content (AvgIpc) is 3.40. The van der Waals surface area contributed by atoms with Crippen molar-refractivity contribution in [1.29, 1.82) is 0 Å². The minimum atomic E-state index is -0.553. The molecule has 1 aliphatic rings. The molecule has 200 valence electrons. The number of carbonyl (C=O) groups excluding carboxylic acids is 1. The molecule has 1 unspecified atom stereocenters. The second-order valence-corrected chi connectivity index (χ2v) is 9.17. The summed E-state index contributed by atoms with van der Waals surface area (Å²) in [5, 5.41) is 10.7. The Morgan fingerprint density at radius 3 is 2.64 bits per heavy atom. The largest absolute Gasteiger partial charge is 0.493 e. The Morgan fingerprint density at radius 1 is 1.00 bits per heavy atom. The van der Waals surface area contributed by atoms with Crippen molar-refractivity contribution in [3.63, 3.8) is 0 Å². The molecule has 0 fully saturated rings. The van der Waals surface area contributed by atoms with Crippen molar-refractivity contribution in [3.8, 4) is 17.2 Å². The summed E-state index contributed by atoms with van der Waals surface area (Å²) in [5.41, 5.74) is 4.79. The molecule has 0 bridgehead atoms. The SMILES string of the molecule is CCOc1ccccc1NC(=O)C1=C(C)Nc2ncnn2C1c1ccc(OCc2cccc(C)c2)c(OC)c1. The van der Waals surface area contributed by atoms with Crippen molar-refractivity contribution < 1.29 is 19.0 Å². The summed E-state index contributed by atoms with van der Waals surface area (Å²) in [5.74, 6) is 2.03. The van der Waals surface area contributed by atoms with Crippen LogP contribution in [0.4, 0.5) is 11.6 Å². The summed E-state index contributed by atoms with van der Waals surface area (Å²) < 4.78 is 19.2. The van der Waals surface area contributed by atoms with Crippen molar-refractivity contribution in [2.24, 2.45) is 0 Å². The number of amides is 1. The van der Waals surface area contributed by atoms with Gasteiger partial charge in [0.1, 0.15) is 24.7 Å². The van der Waals surface area contributed by atoms with Gasteiger partial charge < -0.3 is 24.8 Å². The Bertz CT molecular complexity index is 1530. The first kappa shape index (κ1) is 25.8. The smallest absolute Gasteiger partial charge is 0.255 e. The van der Waals surface area contributed by atoms with Gasteiger partial charge in [-0.15, -0.1) is 0 Å². The number of rotatable bonds is 9. The van der Waals surface area contributed by atoms with E-state index >= 15 is 0 Å². The van der Waals surface area contributed by atoms with Gasteiger partial charge >= 0.3 is 0 Å². The quantitative estimate of drug-likeness (QED) is 0.298. The number of fused-ring (bicyclic) bond motifs is 1. The van der Waals surface area contributed by atoms with E-state index < -0.39 is 6.04 Å². The molecule has 0 radical (unpaired) electrons. The lowest BCUT2D eigenvalue weighted by Crippen LogP contribution is -2.31. The zero-order chi connectivity index (χ0) is 27.4. The number of benzene rings is 3. The van der Waals surface area contributed by atoms with Gasteiger partial charge in [0.25, 0.3) is 5.91 Å². The average molecular weight is 526 g/mol. The van der Waals surface area contributed by atoms with E-state index in [0.717, 1.165) is 11.1 Å². The normalized spacial score (nSPS) is 14.3. The minimum absolute atomic E-state index is 0.281. The second kappa shape index (κ2) is 11.3. The summed E-state index contributed by atoms with van der Waals surface area (Å²) in [6.07, 6.45) is 1.46. The molecule has 9 nitrogen and oxygen atoms in total. The van der Waals surface area contributed by atoms with Gasteiger partial charge in [-0.25, -0.2) is 4.68 Å². The summed E-state index contributed by atoms with van der Waals surface area (Å²) in [7, 11) is 1.60. The van der Waals surface area contributed by atoms with Crippen molar-refractivity contribution in [3.05, 3.63) is 101 Å². The van der Waals surface area contributed by atoms with Crippen LogP contribution in [0.25, 0.3) is 0 Å². The first-order valence-electron chi connectivity index (χ1n) is 12.7. The molecule has 0 saturated carbocycles. The molecule has 2 N–H and O–H groups in total. The van der Waals surface area contributed by atoms with Crippen LogP contribution in [0.5, 0.6) is 17.2 Å². The van der Waals surface area contributed by atoms with Crippen LogP contribution in [0.2, 0.25) is 0 Å². The number of para-hydroxylation sites is 2. The maximum Gasteiger partial charge on any atom is 0.255 e. The van der Waals surface area contributed by atoms with Crippen LogP contribution in [0.15, 0.2) is 84.3 Å². The molecular formula is C30H31N5O4. The van der Waals surface area contributed by atoms with Gasteiger partial charge in [-0.05, 0) is 56.2 Å². The highest BCUT2D eigenvalue weighted by atomic mass is 16.5. The molecule has 2 heterocycles. The highest BCUT2D eigenvalue weighted by Crippen LogP contribution is 2.39. The molecule has 9 heteroatoms. The molecule has 5 rings (SSSR count). The zero-order valence-corrected chi connectivity index (χ0v) is 22.4. The van der Waals surface area contributed by atoms with E-state index in [1.807, 2.05) is 68.4 Å². The third kappa shape index (κ3) is 5.43. The monoisotopic (exact) mass is 525 g/mol. The molecule has 0 aliphatic carbocycles. The standard InChI is InChI=1S/C30H31N5O4/c1-5-38-24-12-7-6-11-23(24)34-29(36)27-20(3)33-30-31-18-32-35(30)28(27)22-13-14-25(26(16-22)37-4)39-17-21-10-8-9-19(2)15-21/h6-16,18,28H,5,17H2,1-4H3,(H,34,36)(H,31,32,33). The van der Waals surface area contributed by atoms with Gasteiger partial charge in [-0.2, -0.15) is 10.1 Å². The number of aromatic nitrogens is 3. The third-order valence-electron chi connectivity index (χ3n) is 6.45. The Morgan fingerprint density at radius 2 is 1.85 bits per heavy atom. The molecule has 3 aromatic carbocycles. The van der Waals surface area contributed by atoms with Crippen molar-refractivity contribution in [2.45, 2.75) is 33.4 Å². The number of nitrogens with one attached hydrogen (secondary N) is 2. The fraction of sp³-hybridized carbons (Fsp3) is 0.233. The van der Waals surface area contributed by atoms with Crippen LogP contribution in [0.3, 0.4) is 0 Å². The van der Waals surface area contributed by atoms with Crippen LogP contribution in [0, 0.1) is 6.92 Å². The Kier molecular flexibility index (Phi) is 7.49. The van der Waals surface area contributed by atoms with E-state index in [1.165, 1.54) is 11.9 Å². The number of methoxy groups -OCH3 is 1. The Balaban J connectivity index is 1.47. The Hall–Kier alpha value is -4.79. The number of aryl methyl sites for hydroxylation is 1. The predicted molar refractivity (Wildman–Crippen MR) is 149 cm³/mol. The maximum absolute atomic E-state index is 13.8. The van der Waals surface area contributed by atoms with Crippen molar-refractivity contribution in [1.82, 2.24) is 14.8 Å². The predicted octanol–water partition coefficient (Wildman–Crippen LogP) is 5.50. The molecule has 39 heavy (non-hydrogen) atoms. The number of ether oxygens (including phenoxy) is 3. The molecule has 0 spiro atoms. The number of anilines is 2. The number of hydrogen-bond acceptors (Lipinski definition) is 7.